The average molecular weight is 431 g/mol. The second-order valence-electron chi connectivity index (χ2n) is 8.05. The van der Waals surface area contributed by atoms with Gasteiger partial charge in [-0.2, -0.15) is 0 Å². The summed E-state index contributed by atoms with van der Waals surface area (Å²) in [5.74, 6) is 1.34. The fraction of sp³-hybridized carbons (Fsp3) is 0.304. The quantitative estimate of drug-likeness (QED) is 0.567. The summed E-state index contributed by atoms with van der Waals surface area (Å²) in [4.78, 5) is 30.5. The van der Waals surface area contributed by atoms with E-state index < -0.39 is 0 Å². The standard InChI is InChI=1S/C23H26N8O/c1-24-21-11-19(27-14-28-21)16-4-5-18(22-17(16)13-26-23(22)32)29-20-6-3-15(12-25-20)31-9-7-30(2)8-10-31/h3-6,11-12,14H,7-10,13H2,1-2H3,(H,25,29)(H,26,32)(H,24,27,28). The second kappa shape index (κ2) is 8.43. The normalized spacial score (nSPS) is 15.9. The van der Waals surface area contributed by atoms with Crippen LogP contribution in [0.1, 0.15) is 15.9 Å². The van der Waals surface area contributed by atoms with Crippen molar-refractivity contribution in [3.8, 4) is 11.3 Å². The molecule has 2 aliphatic rings. The lowest BCUT2D eigenvalue weighted by Crippen LogP contribution is -2.44. The fourth-order valence-electron chi connectivity index (χ4n) is 4.18. The highest BCUT2D eigenvalue weighted by Crippen LogP contribution is 2.34. The Labute approximate surface area is 186 Å². The van der Waals surface area contributed by atoms with Crippen LogP contribution in [0.3, 0.4) is 0 Å². The molecular formula is C23H26N8O. The van der Waals surface area contributed by atoms with Gasteiger partial charge in [0.05, 0.1) is 28.8 Å². The Morgan fingerprint density at radius 2 is 1.84 bits per heavy atom. The van der Waals surface area contributed by atoms with Crippen LogP contribution >= 0.6 is 0 Å². The molecule has 1 amide bonds. The summed E-state index contributed by atoms with van der Waals surface area (Å²) in [6, 6.07) is 9.82. The molecule has 0 radical (unpaired) electrons. The maximum atomic E-state index is 12.6. The molecule has 2 aliphatic heterocycles. The third-order valence-corrected chi connectivity index (χ3v) is 6.04. The molecular weight excluding hydrogens is 404 g/mol. The lowest BCUT2D eigenvalue weighted by atomic mass is 9.98. The zero-order valence-corrected chi connectivity index (χ0v) is 18.2. The molecule has 1 aromatic carbocycles. The first-order valence-electron chi connectivity index (χ1n) is 10.7. The molecule has 1 saturated heterocycles. The molecule has 5 rings (SSSR count). The highest BCUT2D eigenvalue weighted by molar-refractivity contribution is 6.06. The van der Waals surface area contributed by atoms with E-state index in [2.05, 4.69) is 53.8 Å². The van der Waals surface area contributed by atoms with Crippen LogP contribution in [0, 0.1) is 0 Å². The number of amides is 1. The van der Waals surface area contributed by atoms with Gasteiger partial charge in [-0.25, -0.2) is 15.0 Å². The van der Waals surface area contributed by atoms with Crippen molar-refractivity contribution in [2.24, 2.45) is 0 Å². The van der Waals surface area contributed by atoms with Crippen molar-refractivity contribution < 1.29 is 4.79 Å². The zero-order chi connectivity index (χ0) is 22.1. The zero-order valence-electron chi connectivity index (χ0n) is 18.2. The highest BCUT2D eigenvalue weighted by Gasteiger charge is 2.27. The summed E-state index contributed by atoms with van der Waals surface area (Å²) in [5.41, 5.74) is 5.11. The predicted molar refractivity (Wildman–Crippen MR) is 125 cm³/mol. The molecule has 32 heavy (non-hydrogen) atoms. The third kappa shape index (κ3) is 3.82. The molecule has 0 atom stereocenters. The van der Waals surface area contributed by atoms with Gasteiger partial charge in [0.15, 0.2) is 0 Å². The van der Waals surface area contributed by atoms with Crippen LogP contribution in [-0.4, -0.2) is 66.0 Å². The Morgan fingerprint density at radius 3 is 2.59 bits per heavy atom. The largest absolute Gasteiger partial charge is 0.373 e. The van der Waals surface area contributed by atoms with E-state index in [1.165, 1.54) is 6.33 Å². The fourth-order valence-corrected chi connectivity index (χ4v) is 4.18. The summed E-state index contributed by atoms with van der Waals surface area (Å²) in [6.07, 6.45) is 3.41. The van der Waals surface area contributed by atoms with Crippen molar-refractivity contribution in [3.63, 3.8) is 0 Å². The number of pyridine rings is 1. The Balaban J connectivity index is 1.41. The molecule has 0 bridgehead atoms. The number of likely N-dealkylation sites (N-methyl/N-ethyl adjacent to an activating group) is 1. The number of hydrogen-bond acceptors (Lipinski definition) is 8. The number of nitrogens with zero attached hydrogens (tertiary/aromatic N) is 5. The van der Waals surface area contributed by atoms with Gasteiger partial charge in [-0.05, 0) is 30.8 Å². The van der Waals surface area contributed by atoms with Gasteiger partial charge in [-0.3, -0.25) is 4.79 Å². The van der Waals surface area contributed by atoms with Gasteiger partial charge in [-0.15, -0.1) is 0 Å². The molecule has 9 nitrogen and oxygen atoms in total. The summed E-state index contributed by atoms with van der Waals surface area (Å²) in [5, 5.41) is 9.29. The lowest BCUT2D eigenvalue weighted by Gasteiger charge is -2.33. The number of piperazine rings is 1. The molecule has 1 fully saturated rings. The van der Waals surface area contributed by atoms with Crippen LogP contribution in [0.15, 0.2) is 42.9 Å². The van der Waals surface area contributed by atoms with E-state index >= 15 is 0 Å². The molecule has 0 saturated carbocycles. The van der Waals surface area contributed by atoms with Gasteiger partial charge in [0, 0.05) is 51.4 Å². The molecule has 9 heteroatoms. The molecule has 0 aliphatic carbocycles. The van der Waals surface area contributed by atoms with E-state index in [4.69, 9.17) is 0 Å². The van der Waals surface area contributed by atoms with Crippen LogP contribution in [0.4, 0.5) is 23.0 Å². The Bertz CT molecular complexity index is 1140. The van der Waals surface area contributed by atoms with Crippen LogP contribution in [0.2, 0.25) is 0 Å². The lowest BCUT2D eigenvalue weighted by molar-refractivity contribution is 0.0966. The predicted octanol–water partition coefficient (Wildman–Crippen LogP) is 2.32. The molecule has 3 N–H and O–H groups in total. The van der Waals surface area contributed by atoms with Crippen LogP contribution in [-0.2, 0) is 6.54 Å². The summed E-state index contributed by atoms with van der Waals surface area (Å²) in [6.45, 7) is 4.57. The van der Waals surface area contributed by atoms with Crippen LogP contribution in [0.25, 0.3) is 11.3 Å². The first kappa shape index (κ1) is 20.2. The molecule has 0 spiro atoms. The monoisotopic (exact) mass is 430 g/mol. The Morgan fingerprint density at radius 1 is 1.00 bits per heavy atom. The third-order valence-electron chi connectivity index (χ3n) is 6.04. The average Bonchev–Trinajstić information content (AvgIpc) is 3.22. The molecule has 0 unspecified atom stereocenters. The number of rotatable bonds is 5. The van der Waals surface area contributed by atoms with Crippen LogP contribution in [0.5, 0.6) is 0 Å². The van der Waals surface area contributed by atoms with E-state index in [1.807, 2.05) is 37.5 Å². The van der Waals surface area contributed by atoms with E-state index in [9.17, 15) is 4.79 Å². The van der Waals surface area contributed by atoms with Gasteiger partial charge in [0.1, 0.15) is 18.0 Å². The van der Waals surface area contributed by atoms with Crippen molar-refractivity contribution in [3.05, 3.63) is 54.0 Å². The summed E-state index contributed by atoms with van der Waals surface area (Å²) < 4.78 is 0. The van der Waals surface area contributed by atoms with Crippen molar-refractivity contribution in [2.45, 2.75) is 6.54 Å². The number of benzene rings is 1. The maximum absolute atomic E-state index is 12.6. The van der Waals surface area contributed by atoms with Gasteiger partial charge in [0.25, 0.3) is 5.91 Å². The molecule has 2 aromatic heterocycles. The molecule has 3 aromatic rings. The summed E-state index contributed by atoms with van der Waals surface area (Å²) in [7, 11) is 3.96. The van der Waals surface area contributed by atoms with Gasteiger partial charge >= 0.3 is 0 Å². The Hall–Kier alpha value is -3.72. The highest BCUT2D eigenvalue weighted by atomic mass is 16.1. The topological polar surface area (TPSA) is 98.3 Å². The Kier molecular flexibility index (Phi) is 5.32. The maximum Gasteiger partial charge on any atom is 0.254 e. The smallest absolute Gasteiger partial charge is 0.254 e. The number of nitrogens with one attached hydrogen (secondary N) is 3. The van der Waals surface area contributed by atoms with E-state index in [1.54, 1.807) is 0 Å². The van der Waals surface area contributed by atoms with E-state index in [0.717, 1.165) is 60.2 Å². The number of fused-ring (bicyclic) bond motifs is 1. The van der Waals surface area contributed by atoms with Gasteiger partial charge in [0.2, 0.25) is 0 Å². The van der Waals surface area contributed by atoms with E-state index in [0.29, 0.717) is 17.9 Å². The van der Waals surface area contributed by atoms with Gasteiger partial charge < -0.3 is 25.8 Å². The van der Waals surface area contributed by atoms with Crippen molar-refractivity contribution in [2.75, 3.05) is 55.8 Å². The van der Waals surface area contributed by atoms with Gasteiger partial charge in [-0.1, -0.05) is 6.07 Å². The molecule has 164 valence electrons. The van der Waals surface area contributed by atoms with E-state index in [-0.39, 0.29) is 5.91 Å². The van der Waals surface area contributed by atoms with Crippen molar-refractivity contribution >= 4 is 28.9 Å². The number of anilines is 4. The number of aromatic nitrogens is 3. The minimum Gasteiger partial charge on any atom is -0.373 e. The number of carbonyl (C=O) groups is 1. The second-order valence-corrected chi connectivity index (χ2v) is 8.05. The van der Waals surface area contributed by atoms with Crippen LogP contribution < -0.4 is 20.9 Å². The summed E-state index contributed by atoms with van der Waals surface area (Å²) >= 11 is 0. The number of hydrogen-bond donors (Lipinski definition) is 3. The SMILES string of the molecule is CNc1cc(-c2ccc(Nc3ccc(N4CCN(C)CC4)cn3)c3c2CNC3=O)ncn1. The minimum absolute atomic E-state index is 0.0960. The van der Waals surface area contributed by atoms with Crippen molar-refractivity contribution in [1.82, 2.24) is 25.2 Å². The minimum atomic E-state index is -0.0960. The first-order valence-corrected chi connectivity index (χ1v) is 10.7. The molecule has 4 heterocycles. The first-order chi connectivity index (χ1) is 15.6. The number of carbonyl (C=O) groups excluding carboxylic acids is 1. The van der Waals surface area contributed by atoms with Crippen molar-refractivity contribution in [1.29, 1.82) is 0 Å².